The average Bonchev–Trinajstić information content (AvgIpc) is 3.41. The minimum absolute atomic E-state index is 0.0199. The molecule has 1 aliphatic heterocycles. The summed E-state index contributed by atoms with van der Waals surface area (Å²) in [7, 11) is 2.04. The van der Waals surface area contributed by atoms with E-state index in [4.69, 9.17) is 27.6 Å². The van der Waals surface area contributed by atoms with Gasteiger partial charge < -0.3 is 9.32 Å². The first-order chi connectivity index (χ1) is 16.7. The summed E-state index contributed by atoms with van der Waals surface area (Å²) in [5.41, 5.74) is 1.28. The molecule has 0 unspecified atom stereocenters. The Labute approximate surface area is 207 Å². The van der Waals surface area contributed by atoms with Crippen LogP contribution in [0.1, 0.15) is 36.8 Å². The highest BCUT2D eigenvalue weighted by Gasteiger charge is 2.25. The largest absolute Gasteiger partial charge is 0.415 e. The molecule has 184 valence electrons. The Bertz CT molecular complexity index is 1460. The van der Waals surface area contributed by atoms with Crippen molar-refractivity contribution in [1.29, 1.82) is 0 Å². The van der Waals surface area contributed by atoms with Crippen molar-refractivity contribution >= 4 is 34.2 Å². The highest BCUT2D eigenvalue weighted by Crippen LogP contribution is 2.32. The van der Waals surface area contributed by atoms with E-state index < -0.39 is 18.1 Å². The van der Waals surface area contributed by atoms with Crippen molar-refractivity contribution in [2.24, 2.45) is 0 Å². The Hall–Kier alpha value is -2.82. The fraction of sp³-hybridized carbons (Fsp3) is 0.348. The summed E-state index contributed by atoms with van der Waals surface area (Å²) < 4.78 is 48.6. The van der Waals surface area contributed by atoms with Gasteiger partial charge in [-0.3, -0.25) is 9.13 Å². The molecule has 0 radical (unpaired) electrons. The highest BCUT2D eigenvalue weighted by atomic mass is 35.5. The molecule has 1 aliphatic rings. The first-order valence-electron chi connectivity index (χ1n) is 10.9. The average molecular weight is 526 g/mol. The lowest BCUT2D eigenvalue weighted by Crippen LogP contribution is -2.36. The van der Waals surface area contributed by atoms with Crippen molar-refractivity contribution in [3.63, 3.8) is 0 Å². The van der Waals surface area contributed by atoms with Crippen LogP contribution in [0.2, 0.25) is 10.0 Å². The van der Waals surface area contributed by atoms with E-state index in [0.717, 1.165) is 32.0 Å². The van der Waals surface area contributed by atoms with Gasteiger partial charge in [0.05, 0.1) is 27.6 Å². The lowest BCUT2D eigenvalue weighted by atomic mass is 10.1. The summed E-state index contributed by atoms with van der Waals surface area (Å²) >= 11 is 12.5. The van der Waals surface area contributed by atoms with Crippen molar-refractivity contribution < 1.29 is 17.6 Å². The number of aromatic nitrogens is 4. The molecule has 0 spiro atoms. The molecule has 35 heavy (non-hydrogen) atoms. The summed E-state index contributed by atoms with van der Waals surface area (Å²) in [5, 5.41) is 7.42. The molecule has 0 atom stereocenters. The van der Waals surface area contributed by atoms with Crippen LogP contribution in [0.4, 0.5) is 13.2 Å². The number of halogens is 5. The number of alkyl halides is 2. The number of benzene rings is 2. The van der Waals surface area contributed by atoms with E-state index in [0.29, 0.717) is 16.1 Å². The summed E-state index contributed by atoms with van der Waals surface area (Å²) in [5.74, 6) is -1.71. The molecule has 1 saturated heterocycles. The van der Waals surface area contributed by atoms with Crippen molar-refractivity contribution in [1.82, 2.24) is 24.2 Å². The number of piperidine rings is 1. The predicted molar refractivity (Wildman–Crippen MR) is 126 cm³/mol. The second kappa shape index (κ2) is 9.33. The number of nitrogens with zero attached hydrogens (tertiary/aromatic N) is 5. The molecule has 12 heteroatoms. The molecule has 7 nitrogen and oxygen atoms in total. The quantitative estimate of drug-likeness (QED) is 0.341. The molecule has 2 aromatic heterocycles. The van der Waals surface area contributed by atoms with E-state index >= 15 is 4.39 Å². The Morgan fingerprint density at radius 3 is 2.40 bits per heavy atom. The second-order valence-electron chi connectivity index (χ2n) is 8.58. The Balaban J connectivity index is 1.54. The van der Waals surface area contributed by atoms with Crippen molar-refractivity contribution in [3.05, 3.63) is 68.1 Å². The van der Waals surface area contributed by atoms with Crippen LogP contribution >= 0.6 is 23.2 Å². The van der Waals surface area contributed by atoms with Crippen LogP contribution in [-0.4, -0.2) is 44.4 Å². The number of hydrogen-bond donors (Lipinski definition) is 0. The lowest BCUT2D eigenvalue weighted by Gasteiger charge is -2.29. The molecule has 4 aromatic rings. The van der Waals surface area contributed by atoms with E-state index in [1.54, 1.807) is 16.7 Å². The molecule has 2 aromatic carbocycles. The first-order valence-corrected chi connectivity index (χ1v) is 11.7. The van der Waals surface area contributed by atoms with E-state index in [2.05, 4.69) is 15.1 Å². The molecule has 0 amide bonds. The normalized spacial score (nSPS) is 15.5. The van der Waals surface area contributed by atoms with Gasteiger partial charge in [-0.2, -0.15) is 8.78 Å². The highest BCUT2D eigenvalue weighted by molar-refractivity contribution is 6.42. The topological polar surface area (TPSA) is 69.1 Å². The van der Waals surface area contributed by atoms with Crippen LogP contribution in [0.3, 0.4) is 0 Å². The Kier molecular flexibility index (Phi) is 6.37. The van der Waals surface area contributed by atoms with Crippen LogP contribution in [0.15, 0.2) is 39.5 Å². The van der Waals surface area contributed by atoms with Gasteiger partial charge in [-0.05, 0) is 57.2 Å². The fourth-order valence-electron chi connectivity index (χ4n) is 4.45. The van der Waals surface area contributed by atoms with Crippen LogP contribution in [0.5, 0.6) is 0 Å². The number of rotatable bonds is 5. The zero-order valence-corrected chi connectivity index (χ0v) is 20.0. The molecule has 5 rings (SSSR count). The van der Waals surface area contributed by atoms with E-state index in [9.17, 15) is 13.6 Å². The standard InChI is InChI=1S/C23H20Cl2F3N5O2/c1-31-6-4-14(5-7-31)33-19-10-16(25)15(24)9-18(19)32(23(33)34)11-13-3-2-12(8-17(13)26)21-29-30-22(35-21)20(27)28/h2-3,8-10,14,20H,4-7,11H2,1H3. The minimum atomic E-state index is -2.92. The van der Waals surface area contributed by atoms with Gasteiger partial charge in [-0.25, -0.2) is 9.18 Å². The third-order valence-corrected chi connectivity index (χ3v) is 7.04. The molecule has 3 heterocycles. The molecular weight excluding hydrogens is 506 g/mol. The zero-order chi connectivity index (χ0) is 24.9. The predicted octanol–water partition coefficient (Wildman–Crippen LogP) is 5.55. The SMILES string of the molecule is CN1CCC(n2c(=O)n(Cc3ccc(-c4nnc(C(F)F)o4)cc3F)c3cc(Cl)c(Cl)cc32)CC1. The monoisotopic (exact) mass is 525 g/mol. The molecule has 0 bridgehead atoms. The third kappa shape index (κ3) is 4.46. The maximum atomic E-state index is 15.1. The molecule has 0 N–H and O–H groups in total. The minimum Gasteiger partial charge on any atom is -0.415 e. The van der Waals surface area contributed by atoms with Crippen molar-refractivity contribution in [3.8, 4) is 11.5 Å². The maximum Gasteiger partial charge on any atom is 0.329 e. The van der Waals surface area contributed by atoms with Gasteiger partial charge in [0, 0.05) is 17.2 Å². The number of hydrogen-bond acceptors (Lipinski definition) is 5. The lowest BCUT2D eigenvalue weighted by molar-refractivity contribution is 0.116. The maximum absolute atomic E-state index is 15.1. The number of likely N-dealkylation sites (tertiary alicyclic amines) is 1. The summed E-state index contributed by atoms with van der Waals surface area (Å²) in [4.78, 5) is 15.8. The van der Waals surface area contributed by atoms with Gasteiger partial charge in [-0.15, -0.1) is 10.2 Å². The van der Waals surface area contributed by atoms with Gasteiger partial charge in [0.15, 0.2) is 0 Å². The van der Waals surface area contributed by atoms with E-state index in [1.807, 2.05) is 7.05 Å². The summed E-state index contributed by atoms with van der Waals surface area (Å²) in [6.45, 7) is 1.64. The van der Waals surface area contributed by atoms with Crippen molar-refractivity contribution in [2.75, 3.05) is 20.1 Å². The number of imidazole rings is 1. The van der Waals surface area contributed by atoms with Gasteiger partial charge >= 0.3 is 12.1 Å². The molecular formula is C23H20Cl2F3N5O2. The van der Waals surface area contributed by atoms with Crippen LogP contribution in [0.25, 0.3) is 22.5 Å². The van der Waals surface area contributed by atoms with Gasteiger partial charge in [0.2, 0.25) is 5.89 Å². The van der Waals surface area contributed by atoms with E-state index in [-0.39, 0.29) is 40.3 Å². The van der Waals surface area contributed by atoms with Gasteiger partial charge in [0.1, 0.15) is 5.82 Å². The first kappa shape index (κ1) is 23.9. The van der Waals surface area contributed by atoms with Crippen LogP contribution in [0, 0.1) is 5.82 Å². The zero-order valence-electron chi connectivity index (χ0n) is 18.5. The van der Waals surface area contributed by atoms with Gasteiger partial charge in [-0.1, -0.05) is 29.3 Å². The molecule has 0 aliphatic carbocycles. The summed E-state index contributed by atoms with van der Waals surface area (Å²) in [6.07, 6.45) is -1.33. The number of fused-ring (bicyclic) bond motifs is 1. The van der Waals surface area contributed by atoms with Gasteiger partial charge in [0.25, 0.3) is 5.89 Å². The van der Waals surface area contributed by atoms with Crippen LogP contribution < -0.4 is 5.69 Å². The Morgan fingerprint density at radius 1 is 1.09 bits per heavy atom. The fourth-order valence-corrected chi connectivity index (χ4v) is 4.76. The third-order valence-electron chi connectivity index (χ3n) is 6.31. The summed E-state index contributed by atoms with van der Waals surface area (Å²) in [6, 6.07) is 7.32. The molecule has 1 fully saturated rings. The Morgan fingerprint density at radius 2 is 1.77 bits per heavy atom. The smallest absolute Gasteiger partial charge is 0.329 e. The van der Waals surface area contributed by atoms with Crippen LogP contribution in [-0.2, 0) is 6.54 Å². The van der Waals surface area contributed by atoms with Crippen molar-refractivity contribution in [2.45, 2.75) is 31.9 Å². The molecule has 0 saturated carbocycles. The van der Waals surface area contributed by atoms with E-state index in [1.165, 1.54) is 16.7 Å². The second-order valence-corrected chi connectivity index (χ2v) is 9.39.